The second kappa shape index (κ2) is 4.45. The van der Waals surface area contributed by atoms with Crippen LogP contribution in [0.15, 0.2) is 28.7 Å². The third-order valence-electron chi connectivity index (χ3n) is 2.57. The van der Waals surface area contributed by atoms with Crippen LogP contribution >= 0.6 is 15.9 Å². The van der Waals surface area contributed by atoms with Crippen LogP contribution in [0.5, 0.6) is 0 Å². The average molecular weight is 271 g/mol. The van der Waals surface area contributed by atoms with Crippen molar-refractivity contribution >= 4 is 21.5 Å². The van der Waals surface area contributed by atoms with Crippen LogP contribution in [-0.4, -0.2) is 13.2 Å². The molecule has 0 radical (unpaired) electrons. The maximum atomic E-state index is 13.1. The standard InChI is InChI=1S/C12H12BrFO/c1-8-7-15-5-4-10(8)9-2-3-12(14)11(13)6-9/h2-4,6,8H,5,7H2,1H3. The monoisotopic (exact) mass is 270 g/mol. The van der Waals surface area contributed by atoms with Crippen molar-refractivity contribution < 1.29 is 9.13 Å². The third-order valence-corrected chi connectivity index (χ3v) is 3.18. The highest BCUT2D eigenvalue weighted by atomic mass is 79.9. The summed E-state index contributed by atoms with van der Waals surface area (Å²) in [5, 5.41) is 0. The predicted octanol–water partition coefficient (Wildman–Crippen LogP) is 3.64. The van der Waals surface area contributed by atoms with Gasteiger partial charge in [-0.1, -0.05) is 19.1 Å². The molecule has 1 aromatic carbocycles. The summed E-state index contributed by atoms with van der Waals surface area (Å²) in [6.07, 6.45) is 2.06. The molecule has 1 aliphatic heterocycles. The van der Waals surface area contributed by atoms with Crippen LogP contribution in [0.2, 0.25) is 0 Å². The van der Waals surface area contributed by atoms with Crippen molar-refractivity contribution in [2.45, 2.75) is 6.92 Å². The molecule has 0 saturated carbocycles. The summed E-state index contributed by atoms with van der Waals surface area (Å²) in [7, 11) is 0. The Morgan fingerprint density at radius 2 is 2.27 bits per heavy atom. The molecule has 80 valence electrons. The van der Waals surface area contributed by atoms with E-state index in [1.54, 1.807) is 0 Å². The van der Waals surface area contributed by atoms with Crippen LogP contribution in [-0.2, 0) is 4.74 Å². The van der Waals surface area contributed by atoms with E-state index in [4.69, 9.17) is 4.74 Å². The molecule has 0 spiro atoms. The molecule has 3 heteroatoms. The van der Waals surface area contributed by atoms with E-state index in [0.717, 1.165) is 12.2 Å². The highest BCUT2D eigenvalue weighted by molar-refractivity contribution is 9.10. The van der Waals surface area contributed by atoms with Crippen LogP contribution in [0.1, 0.15) is 12.5 Å². The lowest BCUT2D eigenvalue weighted by atomic mass is 9.93. The Balaban J connectivity index is 2.36. The maximum absolute atomic E-state index is 13.1. The molecule has 0 fully saturated rings. The van der Waals surface area contributed by atoms with Crippen molar-refractivity contribution in [3.63, 3.8) is 0 Å². The van der Waals surface area contributed by atoms with Gasteiger partial charge in [-0.15, -0.1) is 0 Å². The number of hydrogen-bond donors (Lipinski definition) is 0. The maximum Gasteiger partial charge on any atom is 0.137 e. The predicted molar refractivity (Wildman–Crippen MR) is 62.1 cm³/mol. The summed E-state index contributed by atoms with van der Waals surface area (Å²) in [4.78, 5) is 0. The van der Waals surface area contributed by atoms with Crippen LogP contribution in [0.3, 0.4) is 0 Å². The Hall–Kier alpha value is -0.670. The fraction of sp³-hybridized carbons (Fsp3) is 0.333. The Kier molecular flexibility index (Phi) is 3.22. The average Bonchev–Trinajstić information content (AvgIpc) is 2.23. The molecular formula is C12H12BrFO. The van der Waals surface area contributed by atoms with Gasteiger partial charge in [-0.25, -0.2) is 4.39 Å². The summed E-state index contributed by atoms with van der Waals surface area (Å²) in [6, 6.07) is 5.12. The smallest absolute Gasteiger partial charge is 0.137 e. The van der Waals surface area contributed by atoms with Crippen molar-refractivity contribution in [1.29, 1.82) is 0 Å². The molecule has 0 saturated heterocycles. The molecule has 15 heavy (non-hydrogen) atoms. The first-order chi connectivity index (χ1) is 7.18. The number of ether oxygens (including phenoxy) is 1. The van der Waals surface area contributed by atoms with Crippen molar-refractivity contribution in [2.24, 2.45) is 5.92 Å². The zero-order valence-electron chi connectivity index (χ0n) is 8.47. The van der Waals surface area contributed by atoms with Crippen molar-refractivity contribution in [3.05, 3.63) is 40.1 Å². The quantitative estimate of drug-likeness (QED) is 0.757. The number of rotatable bonds is 1. The van der Waals surface area contributed by atoms with Gasteiger partial charge in [-0.05, 0) is 39.2 Å². The Morgan fingerprint density at radius 3 is 2.93 bits per heavy atom. The minimum Gasteiger partial charge on any atom is -0.377 e. The number of benzene rings is 1. The van der Waals surface area contributed by atoms with E-state index in [2.05, 4.69) is 28.9 Å². The summed E-state index contributed by atoms with van der Waals surface area (Å²) in [6.45, 7) is 3.50. The molecule has 0 aromatic heterocycles. The molecule has 0 amide bonds. The molecule has 1 aromatic rings. The largest absolute Gasteiger partial charge is 0.377 e. The fourth-order valence-corrected chi connectivity index (χ4v) is 2.14. The Bertz CT molecular complexity index is 401. The minimum atomic E-state index is -0.223. The van der Waals surface area contributed by atoms with Gasteiger partial charge in [0.2, 0.25) is 0 Å². The summed E-state index contributed by atoms with van der Waals surface area (Å²) < 4.78 is 18.9. The number of hydrogen-bond acceptors (Lipinski definition) is 1. The van der Waals surface area contributed by atoms with Crippen molar-refractivity contribution in [2.75, 3.05) is 13.2 Å². The van der Waals surface area contributed by atoms with E-state index in [1.807, 2.05) is 12.1 Å². The van der Waals surface area contributed by atoms with E-state index in [-0.39, 0.29) is 5.82 Å². The van der Waals surface area contributed by atoms with Gasteiger partial charge in [-0.2, -0.15) is 0 Å². The highest BCUT2D eigenvalue weighted by Crippen LogP contribution is 2.29. The molecule has 2 rings (SSSR count). The van der Waals surface area contributed by atoms with Gasteiger partial charge in [-0.3, -0.25) is 0 Å². The van der Waals surface area contributed by atoms with E-state index < -0.39 is 0 Å². The van der Waals surface area contributed by atoms with E-state index >= 15 is 0 Å². The zero-order chi connectivity index (χ0) is 10.8. The fourth-order valence-electron chi connectivity index (χ4n) is 1.76. The van der Waals surface area contributed by atoms with Gasteiger partial charge in [0.05, 0.1) is 17.7 Å². The van der Waals surface area contributed by atoms with Crippen molar-refractivity contribution in [3.8, 4) is 0 Å². The lowest BCUT2D eigenvalue weighted by molar-refractivity contribution is 0.135. The van der Waals surface area contributed by atoms with Crippen LogP contribution in [0, 0.1) is 11.7 Å². The normalized spacial score (nSPS) is 21.3. The molecular weight excluding hydrogens is 259 g/mol. The van der Waals surface area contributed by atoms with Gasteiger partial charge in [0.1, 0.15) is 5.82 Å². The highest BCUT2D eigenvalue weighted by Gasteiger charge is 2.15. The second-order valence-corrected chi connectivity index (χ2v) is 4.58. The third kappa shape index (κ3) is 2.29. The number of halogens is 2. The molecule has 1 unspecified atom stereocenters. The first-order valence-corrected chi connectivity index (χ1v) is 5.71. The van der Waals surface area contributed by atoms with Gasteiger partial charge < -0.3 is 4.74 Å². The lowest BCUT2D eigenvalue weighted by Crippen LogP contribution is -2.14. The molecule has 0 bridgehead atoms. The lowest BCUT2D eigenvalue weighted by Gasteiger charge is -2.21. The second-order valence-electron chi connectivity index (χ2n) is 3.73. The minimum absolute atomic E-state index is 0.223. The first-order valence-electron chi connectivity index (χ1n) is 4.91. The van der Waals surface area contributed by atoms with Gasteiger partial charge >= 0.3 is 0 Å². The SMILES string of the molecule is CC1COCC=C1c1ccc(F)c(Br)c1. The van der Waals surface area contributed by atoms with Crippen LogP contribution in [0.4, 0.5) is 4.39 Å². The molecule has 1 atom stereocenters. The van der Waals surface area contributed by atoms with E-state index in [9.17, 15) is 4.39 Å². The van der Waals surface area contributed by atoms with Gasteiger partial charge in [0, 0.05) is 5.92 Å². The van der Waals surface area contributed by atoms with E-state index in [0.29, 0.717) is 17.0 Å². The van der Waals surface area contributed by atoms with E-state index in [1.165, 1.54) is 11.6 Å². The van der Waals surface area contributed by atoms with Crippen molar-refractivity contribution in [1.82, 2.24) is 0 Å². The summed E-state index contributed by atoms with van der Waals surface area (Å²) >= 11 is 3.20. The summed E-state index contributed by atoms with van der Waals surface area (Å²) in [5.41, 5.74) is 2.31. The zero-order valence-corrected chi connectivity index (χ0v) is 10.1. The molecule has 1 nitrogen and oxygen atoms in total. The topological polar surface area (TPSA) is 9.23 Å². The Morgan fingerprint density at radius 1 is 1.47 bits per heavy atom. The van der Waals surface area contributed by atoms with Gasteiger partial charge in [0.25, 0.3) is 0 Å². The van der Waals surface area contributed by atoms with Gasteiger partial charge in [0.15, 0.2) is 0 Å². The molecule has 1 aliphatic rings. The first kappa shape index (κ1) is 10.8. The molecule has 1 heterocycles. The Labute approximate surface area is 97.1 Å². The van der Waals surface area contributed by atoms with Crippen LogP contribution < -0.4 is 0 Å². The molecule has 0 aliphatic carbocycles. The molecule has 0 N–H and O–H groups in total. The van der Waals surface area contributed by atoms with Crippen LogP contribution in [0.25, 0.3) is 5.57 Å². The summed E-state index contributed by atoms with van der Waals surface area (Å²) in [5.74, 6) is 0.148.